The monoisotopic (exact) mass is 342 g/mol. The zero-order valence-corrected chi connectivity index (χ0v) is 16.6. The van der Waals surface area contributed by atoms with Gasteiger partial charge in [0.15, 0.2) is 5.41 Å². The summed E-state index contributed by atoms with van der Waals surface area (Å²) in [6.07, 6.45) is 5.54. The van der Waals surface area contributed by atoms with E-state index >= 15 is 0 Å². The Hall–Kier alpha value is -1.06. The number of rotatable bonds is 13. The highest BCUT2D eigenvalue weighted by molar-refractivity contribution is 5.99. The maximum atomic E-state index is 12.9. The molecule has 0 aromatic rings. The summed E-state index contributed by atoms with van der Waals surface area (Å²) in [6, 6.07) is 0. The minimum absolute atomic E-state index is 0.172. The normalized spacial score (nSPS) is 13.3. The van der Waals surface area contributed by atoms with Gasteiger partial charge in [-0.25, -0.2) is 0 Å². The molecule has 1 unspecified atom stereocenters. The van der Waals surface area contributed by atoms with Gasteiger partial charge in [0.25, 0.3) is 0 Å². The van der Waals surface area contributed by atoms with Crippen molar-refractivity contribution in [2.24, 2.45) is 17.3 Å². The van der Waals surface area contributed by atoms with Crippen LogP contribution in [0.3, 0.4) is 0 Å². The molecule has 0 amide bonds. The predicted molar refractivity (Wildman–Crippen MR) is 97.9 cm³/mol. The van der Waals surface area contributed by atoms with Crippen LogP contribution in [-0.2, 0) is 14.3 Å². The SMILES string of the molecule is CCCCC(CC)OC(=O)C(CCC(C)C)(CCC(C)C)C(=O)O. The van der Waals surface area contributed by atoms with Crippen molar-refractivity contribution < 1.29 is 19.4 Å². The van der Waals surface area contributed by atoms with Gasteiger partial charge in [-0.3, -0.25) is 9.59 Å². The number of hydrogen-bond donors (Lipinski definition) is 1. The molecule has 4 heteroatoms. The molecule has 0 spiro atoms. The van der Waals surface area contributed by atoms with E-state index in [0.29, 0.717) is 37.5 Å². The van der Waals surface area contributed by atoms with E-state index in [9.17, 15) is 14.7 Å². The Bertz CT molecular complexity index is 362. The molecule has 0 aliphatic heterocycles. The van der Waals surface area contributed by atoms with Gasteiger partial charge in [-0.2, -0.15) is 0 Å². The second-order valence-electron chi connectivity index (χ2n) is 7.83. The molecule has 24 heavy (non-hydrogen) atoms. The zero-order chi connectivity index (χ0) is 18.8. The van der Waals surface area contributed by atoms with Crippen molar-refractivity contribution >= 4 is 11.9 Å². The lowest BCUT2D eigenvalue weighted by molar-refractivity contribution is -0.174. The van der Waals surface area contributed by atoms with Crippen LogP contribution in [0, 0.1) is 17.3 Å². The third kappa shape index (κ3) is 7.67. The van der Waals surface area contributed by atoms with Crippen LogP contribution in [0.2, 0.25) is 0 Å². The van der Waals surface area contributed by atoms with Crippen LogP contribution in [0.1, 0.15) is 92.9 Å². The highest BCUT2D eigenvalue weighted by atomic mass is 16.5. The number of hydrogen-bond acceptors (Lipinski definition) is 3. The van der Waals surface area contributed by atoms with E-state index in [2.05, 4.69) is 34.6 Å². The van der Waals surface area contributed by atoms with E-state index in [1.165, 1.54) is 0 Å². The smallest absolute Gasteiger partial charge is 0.323 e. The van der Waals surface area contributed by atoms with Crippen molar-refractivity contribution in [2.75, 3.05) is 0 Å². The summed E-state index contributed by atoms with van der Waals surface area (Å²) in [5, 5.41) is 9.88. The highest BCUT2D eigenvalue weighted by Crippen LogP contribution is 2.35. The third-order valence-electron chi connectivity index (χ3n) is 4.71. The number of aliphatic carboxylic acids is 1. The molecular weight excluding hydrogens is 304 g/mol. The molecular formula is C20H38O4. The minimum atomic E-state index is -1.39. The van der Waals surface area contributed by atoms with Gasteiger partial charge in [-0.05, 0) is 50.4 Å². The Morgan fingerprint density at radius 3 is 1.79 bits per heavy atom. The van der Waals surface area contributed by atoms with E-state index in [1.807, 2.05) is 6.92 Å². The average molecular weight is 343 g/mol. The van der Waals surface area contributed by atoms with E-state index in [1.54, 1.807) is 0 Å². The molecule has 0 fully saturated rings. The number of carboxylic acid groups (broad SMARTS) is 1. The first-order chi connectivity index (χ1) is 11.2. The summed E-state index contributed by atoms with van der Waals surface area (Å²) in [4.78, 5) is 24.9. The van der Waals surface area contributed by atoms with Crippen molar-refractivity contribution in [2.45, 2.75) is 99.0 Å². The molecule has 0 heterocycles. The van der Waals surface area contributed by atoms with Crippen molar-refractivity contribution in [1.82, 2.24) is 0 Å². The number of unbranched alkanes of at least 4 members (excludes halogenated alkanes) is 1. The van der Waals surface area contributed by atoms with Crippen LogP contribution >= 0.6 is 0 Å². The Morgan fingerprint density at radius 1 is 0.958 bits per heavy atom. The first-order valence-corrected chi connectivity index (χ1v) is 9.64. The zero-order valence-electron chi connectivity index (χ0n) is 16.6. The molecule has 0 saturated heterocycles. The molecule has 0 aliphatic carbocycles. The molecule has 142 valence electrons. The lowest BCUT2D eigenvalue weighted by atomic mass is 9.76. The van der Waals surface area contributed by atoms with E-state index in [0.717, 1.165) is 25.7 Å². The van der Waals surface area contributed by atoms with Crippen molar-refractivity contribution in [3.05, 3.63) is 0 Å². The fourth-order valence-electron chi connectivity index (χ4n) is 2.74. The summed E-state index contributed by atoms with van der Waals surface area (Å²) >= 11 is 0. The molecule has 0 radical (unpaired) electrons. The molecule has 0 saturated carbocycles. The van der Waals surface area contributed by atoms with Gasteiger partial charge in [-0.1, -0.05) is 54.4 Å². The van der Waals surface area contributed by atoms with E-state index < -0.39 is 17.4 Å². The Labute approximate surface area is 148 Å². The lowest BCUT2D eigenvalue weighted by Crippen LogP contribution is -2.43. The number of carbonyl (C=O) groups excluding carboxylic acids is 1. The van der Waals surface area contributed by atoms with Crippen LogP contribution in [0.15, 0.2) is 0 Å². The molecule has 0 rings (SSSR count). The second kappa shape index (κ2) is 11.5. The predicted octanol–water partition coefficient (Wildman–Crippen LogP) is 5.44. The summed E-state index contributed by atoms with van der Waals surface area (Å²) in [5.74, 6) is -0.839. The number of carbonyl (C=O) groups is 2. The van der Waals surface area contributed by atoms with Gasteiger partial charge in [0.2, 0.25) is 0 Å². The quantitative estimate of drug-likeness (QED) is 0.357. The topological polar surface area (TPSA) is 63.6 Å². The van der Waals surface area contributed by atoms with Crippen molar-refractivity contribution in [3.63, 3.8) is 0 Å². The molecule has 1 N–H and O–H groups in total. The highest BCUT2D eigenvalue weighted by Gasteiger charge is 2.47. The van der Waals surface area contributed by atoms with E-state index in [-0.39, 0.29) is 6.10 Å². The first-order valence-electron chi connectivity index (χ1n) is 9.64. The first kappa shape index (κ1) is 22.9. The van der Waals surface area contributed by atoms with Gasteiger partial charge >= 0.3 is 11.9 Å². The molecule has 0 bridgehead atoms. The minimum Gasteiger partial charge on any atom is -0.480 e. The molecule has 4 nitrogen and oxygen atoms in total. The average Bonchev–Trinajstić information content (AvgIpc) is 2.50. The van der Waals surface area contributed by atoms with Gasteiger partial charge < -0.3 is 9.84 Å². The standard InChI is InChI=1S/C20H38O4/c1-7-9-10-17(8-2)24-19(23)20(18(21)22,13-11-15(3)4)14-12-16(5)6/h15-17H,7-14H2,1-6H3,(H,21,22). The van der Waals surface area contributed by atoms with Gasteiger partial charge in [0.1, 0.15) is 6.10 Å². The molecule has 0 aliphatic rings. The van der Waals surface area contributed by atoms with Gasteiger partial charge in [-0.15, -0.1) is 0 Å². The van der Waals surface area contributed by atoms with Crippen LogP contribution in [0.5, 0.6) is 0 Å². The van der Waals surface area contributed by atoms with Gasteiger partial charge in [0.05, 0.1) is 0 Å². The molecule has 1 atom stereocenters. The lowest BCUT2D eigenvalue weighted by Gasteiger charge is -2.30. The Balaban J connectivity index is 5.29. The summed E-state index contributed by atoms with van der Waals surface area (Å²) in [6.45, 7) is 12.3. The van der Waals surface area contributed by atoms with Crippen LogP contribution in [0.25, 0.3) is 0 Å². The maximum absolute atomic E-state index is 12.9. The van der Waals surface area contributed by atoms with Crippen molar-refractivity contribution in [1.29, 1.82) is 0 Å². The maximum Gasteiger partial charge on any atom is 0.323 e. The van der Waals surface area contributed by atoms with Crippen LogP contribution in [0.4, 0.5) is 0 Å². The molecule has 0 aromatic carbocycles. The summed E-state index contributed by atoms with van der Waals surface area (Å²) in [5.41, 5.74) is -1.39. The van der Waals surface area contributed by atoms with E-state index in [4.69, 9.17) is 4.74 Å². The number of carboxylic acids is 1. The molecule has 0 aromatic heterocycles. The van der Waals surface area contributed by atoms with Crippen LogP contribution in [-0.4, -0.2) is 23.1 Å². The summed E-state index contributed by atoms with van der Waals surface area (Å²) < 4.78 is 5.67. The van der Waals surface area contributed by atoms with Crippen molar-refractivity contribution in [3.8, 4) is 0 Å². The number of esters is 1. The number of ether oxygens (including phenoxy) is 1. The summed E-state index contributed by atoms with van der Waals surface area (Å²) in [7, 11) is 0. The third-order valence-corrected chi connectivity index (χ3v) is 4.71. The van der Waals surface area contributed by atoms with Gasteiger partial charge in [0, 0.05) is 0 Å². The second-order valence-corrected chi connectivity index (χ2v) is 7.83. The fourth-order valence-corrected chi connectivity index (χ4v) is 2.74. The Kier molecular flexibility index (Phi) is 11.0. The van der Waals surface area contributed by atoms with Crippen LogP contribution < -0.4 is 0 Å². The Morgan fingerprint density at radius 2 is 1.46 bits per heavy atom. The largest absolute Gasteiger partial charge is 0.480 e. The fraction of sp³-hybridized carbons (Fsp3) is 0.900.